The molecule has 12 unspecified atom stereocenters. The third-order valence-electron chi connectivity index (χ3n) is 15.1. The Morgan fingerprint density at radius 1 is 0.953 bits per heavy atom. The summed E-state index contributed by atoms with van der Waals surface area (Å²) >= 11 is 0. The zero-order valence-corrected chi connectivity index (χ0v) is 27.3. The molecule has 6 aliphatic rings. The van der Waals surface area contributed by atoms with Crippen molar-refractivity contribution in [3.8, 4) is 0 Å². The summed E-state index contributed by atoms with van der Waals surface area (Å²) in [5, 5.41) is 41.1. The van der Waals surface area contributed by atoms with E-state index in [9.17, 15) is 30.0 Å². The number of hydrogen-bond acceptors (Lipinski definition) is 6. The van der Waals surface area contributed by atoms with Crippen LogP contribution in [0.5, 0.6) is 0 Å². The van der Waals surface area contributed by atoms with Gasteiger partial charge in [-0.15, -0.1) is 0 Å². The molecule has 0 bridgehead atoms. The van der Waals surface area contributed by atoms with Crippen LogP contribution in [0.2, 0.25) is 0 Å². The molecule has 1 aliphatic heterocycles. The van der Waals surface area contributed by atoms with Crippen molar-refractivity contribution in [1.82, 2.24) is 0 Å². The fraction of sp³-hybridized carbons (Fsp3) is 0.889. The van der Waals surface area contributed by atoms with Crippen LogP contribution in [0.25, 0.3) is 0 Å². The van der Waals surface area contributed by atoms with Crippen molar-refractivity contribution < 1.29 is 34.8 Å². The number of carboxylic acid groups (broad SMARTS) is 1. The summed E-state index contributed by atoms with van der Waals surface area (Å²) in [6.07, 6.45) is 7.70. The van der Waals surface area contributed by atoms with Gasteiger partial charge in [0.1, 0.15) is 24.1 Å². The quantitative estimate of drug-likeness (QED) is 0.306. The average Bonchev–Trinajstić information content (AvgIpc) is 2.94. The highest BCUT2D eigenvalue weighted by atomic mass is 16.6. The van der Waals surface area contributed by atoms with E-state index in [-0.39, 0.29) is 33.0 Å². The maximum absolute atomic E-state index is 12.8. The number of carboxylic acids is 1. The van der Waals surface area contributed by atoms with E-state index in [2.05, 4.69) is 47.6 Å². The van der Waals surface area contributed by atoms with Crippen molar-refractivity contribution in [1.29, 1.82) is 0 Å². The van der Waals surface area contributed by atoms with Gasteiger partial charge in [-0.25, -0.2) is 4.79 Å². The lowest BCUT2D eigenvalue weighted by Crippen LogP contribution is -2.63. The van der Waals surface area contributed by atoms with E-state index in [0.717, 1.165) is 64.2 Å². The molecule has 5 fully saturated rings. The number of carbonyl (C=O) groups excluding carboxylic acids is 1. The molecular weight excluding hydrogens is 544 g/mol. The van der Waals surface area contributed by atoms with E-state index in [4.69, 9.17) is 4.74 Å². The van der Waals surface area contributed by atoms with Crippen molar-refractivity contribution in [2.24, 2.45) is 50.7 Å². The smallest absolute Gasteiger partial charge is 0.335 e. The number of ketones is 1. The van der Waals surface area contributed by atoms with Crippen LogP contribution in [0, 0.1) is 50.7 Å². The van der Waals surface area contributed by atoms with E-state index in [1.807, 2.05) is 0 Å². The number of carbonyl (C=O) groups is 2. The summed E-state index contributed by atoms with van der Waals surface area (Å²) in [7, 11) is 0. The van der Waals surface area contributed by atoms with E-state index in [1.54, 1.807) is 5.57 Å². The van der Waals surface area contributed by atoms with Crippen molar-refractivity contribution in [3.05, 3.63) is 11.6 Å². The van der Waals surface area contributed by atoms with E-state index in [1.165, 1.54) is 6.42 Å². The van der Waals surface area contributed by atoms with Crippen LogP contribution >= 0.6 is 0 Å². The molecule has 0 aromatic rings. The summed E-state index contributed by atoms with van der Waals surface area (Å²) in [6, 6.07) is 0. The highest BCUT2D eigenvalue weighted by molar-refractivity contribution is 5.82. The molecule has 1 heterocycles. The number of Topliss-reactive ketones (excluding diaryl/α,β-unsaturated/α-hetero) is 1. The van der Waals surface area contributed by atoms with Crippen LogP contribution in [0.4, 0.5) is 0 Å². The largest absolute Gasteiger partial charge is 0.479 e. The standard InChI is InChI=1S/C36H56O7/c1-20-21-9-13-35(6)26(33(21,4)12-10-24(20)37)8-7-22-23-19-32(2,3)15-17-36(23,18-16-34(22,35)5)14-11-25-27(38)28(39)29(40)30(43-25)31(41)42/h7,20-21,23,25-30,38-40H,8-19H2,1-6H3,(H,41,42)/t20?,21?,23?,25?,26?,27?,28?,29?,30?,33?,34-,35?,36?/m1/s1. The number of ether oxygens (including phenoxy) is 1. The predicted octanol–water partition coefficient (Wildman–Crippen LogP) is 5.68. The topological polar surface area (TPSA) is 124 Å². The number of aliphatic hydroxyl groups is 3. The van der Waals surface area contributed by atoms with Gasteiger partial charge < -0.3 is 25.2 Å². The fourth-order valence-electron chi connectivity index (χ4n) is 12.0. The summed E-state index contributed by atoms with van der Waals surface area (Å²) in [5.41, 5.74) is 2.35. The molecule has 0 aromatic carbocycles. The molecule has 43 heavy (non-hydrogen) atoms. The summed E-state index contributed by atoms with van der Waals surface area (Å²) < 4.78 is 5.74. The Morgan fingerprint density at radius 2 is 1.65 bits per heavy atom. The summed E-state index contributed by atoms with van der Waals surface area (Å²) in [6.45, 7) is 14.6. The van der Waals surface area contributed by atoms with Crippen molar-refractivity contribution in [3.63, 3.8) is 0 Å². The van der Waals surface area contributed by atoms with Crippen LogP contribution in [-0.4, -0.2) is 62.7 Å². The van der Waals surface area contributed by atoms with Gasteiger partial charge in [-0.05, 0) is 115 Å². The monoisotopic (exact) mass is 600 g/mol. The van der Waals surface area contributed by atoms with Gasteiger partial charge in [0.05, 0.1) is 6.10 Å². The summed E-state index contributed by atoms with van der Waals surface area (Å²) in [4.78, 5) is 24.5. The SMILES string of the molecule is CC1C(=O)CCC2(C)C1CCC1(C)C2CC=C2C3CC(C)(C)CCC3(CCC3OC(C(=O)O)C(O)C(O)C3O)CC[C@]21C. The molecule has 5 aliphatic carbocycles. The van der Waals surface area contributed by atoms with E-state index in [0.29, 0.717) is 30.0 Å². The molecule has 242 valence electrons. The highest BCUT2D eigenvalue weighted by Gasteiger charge is 2.67. The van der Waals surface area contributed by atoms with Crippen LogP contribution in [0.15, 0.2) is 11.6 Å². The summed E-state index contributed by atoms with van der Waals surface area (Å²) in [5.74, 6) is 0.766. The maximum Gasteiger partial charge on any atom is 0.335 e. The second-order valence-corrected chi connectivity index (χ2v) is 17.3. The molecule has 4 N–H and O–H groups in total. The van der Waals surface area contributed by atoms with E-state index >= 15 is 0 Å². The first-order valence-corrected chi connectivity index (χ1v) is 17.2. The van der Waals surface area contributed by atoms with Crippen molar-refractivity contribution in [2.45, 2.75) is 149 Å². The molecule has 7 heteroatoms. The van der Waals surface area contributed by atoms with Crippen LogP contribution in [0.1, 0.15) is 119 Å². The number of fused-ring (bicyclic) bond motifs is 7. The third-order valence-corrected chi connectivity index (χ3v) is 15.1. The van der Waals surface area contributed by atoms with Gasteiger partial charge >= 0.3 is 5.97 Å². The number of hydrogen-bond donors (Lipinski definition) is 4. The number of aliphatic hydroxyl groups excluding tert-OH is 3. The lowest BCUT2D eigenvalue weighted by molar-refractivity contribution is -0.230. The molecule has 0 radical (unpaired) electrons. The Bertz CT molecular complexity index is 1180. The maximum atomic E-state index is 12.8. The zero-order valence-electron chi connectivity index (χ0n) is 27.3. The minimum Gasteiger partial charge on any atom is -0.479 e. The molecule has 0 spiro atoms. The van der Waals surface area contributed by atoms with Gasteiger partial charge in [0.2, 0.25) is 0 Å². The van der Waals surface area contributed by atoms with Crippen LogP contribution in [-0.2, 0) is 14.3 Å². The fourth-order valence-corrected chi connectivity index (χ4v) is 12.0. The highest BCUT2D eigenvalue weighted by Crippen LogP contribution is 2.75. The molecule has 0 amide bonds. The first-order chi connectivity index (χ1) is 20.0. The average molecular weight is 601 g/mol. The van der Waals surface area contributed by atoms with Crippen molar-refractivity contribution in [2.75, 3.05) is 0 Å². The van der Waals surface area contributed by atoms with Gasteiger partial charge in [-0.3, -0.25) is 4.79 Å². The Labute approximate surface area is 257 Å². The number of allylic oxidation sites excluding steroid dienone is 2. The zero-order chi connectivity index (χ0) is 31.3. The molecular formula is C36H56O7. The Balaban J connectivity index is 1.31. The first kappa shape index (κ1) is 31.7. The lowest BCUT2D eigenvalue weighted by Gasteiger charge is -2.70. The molecule has 6 rings (SSSR count). The molecule has 7 nitrogen and oxygen atoms in total. The Kier molecular flexibility index (Phi) is 7.64. The van der Waals surface area contributed by atoms with Crippen molar-refractivity contribution >= 4 is 11.8 Å². The van der Waals surface area contributed by atoms with Gasteiger partial charge in [0.15, 0.2) is 6.10 Å². The first-order valence-electron chi connectivity index (χ1n) is 17.2. The second-order valence-electron chi connectivity index (χ2n) is 17.3. The Hall–Kier alpha value is -1.28. The van der Waals surface area contributed by atoms with Gasteiger partial charge in [-0.2, -0.15) is 0 Å². The van der Waals surface area contributed by atoms with Crippen LogP contribution < -0.4 is 0 Å². The predicted molar refractivity (Wildman–Crippen MR) is 163 cm³/mol. The van der Waals surface area contributed by atoms with Crippen LogP contribution in [0.3, 0.4) is 0 Å². The number of rotatable bonds is 4. The van der Waals surface area contributed by atoms with Gasteiger partial charge in [-0.1, -0.05) is 53.2 Å². The molecule has 13 atom stereocenters. The number of aliphatic carboxylic acids is 1. The van der Waals surface area contributed by atoms with Gasteiger partial charge in [0.25, 0.3) is 0 Å². The lowest BCUT2D eigenvalue weighted by atomic mass is 9.34. The molecule has 0 aromatic heterocycles. The minimum atomic E-state index is -1.65. The normalized spacial score (nSPS) is 52.6. The van der Waals surface area contributed by atoms with E-state index < -0.39 is 36.5 Å². The van der Waals surface area contributed by atoms with Gasteiger partial charge in [0, 0.05) is 12.3 Å². The second kappa shape index (κ2) is 10.4. The Morgan fingerprint density at radius 3 is 2.35 bits per heavy atom. The molecule has 4 saturated carbocycles. The molecule has 1 saturated heterocycles. The minimum absolute atomic E-state index is 0.0414. The third kappa shape index (κ3) is 4.56.